The number of nitrogens with one attached hydrogen (secondary N) is 1. The lowest BCUT2D eigenvalue weighted by Gasteiger charge is -2.32. The summed E-state index contributed by atoms with van der Waals surface area (Å²) in [5.41, 5.74) is -0.448. The predicted molar refractivity (Wildman–Crippen MR) is 87.1 cm³/mol. The van der Waals surface area contributed by atoms with Crippen LogP contribution in [0.15, 0.2) is 18.2 Å². The van der Waals surface area contributed by atoms with Gasteiger partial charge in [-0.05, 0) is 45.3 Å². The van der Waals surface area contributed by atoms with Crippen molar-refractivity contribution in [2.75, 3.05) is 13.7 Å². The van der Waals surface area contributed by atoms with Crippen LogP contribution in [0.25, 0.3) is 0 Å². The average molecular weight is 359 g/mol. The lowest BCUT2D eigenvalue weighted by Crippen LogP contribution is -2.41. The lowest BCUT2D eigenvalue weighted by molar-refractivity contribution is -0.123. The molecule has 1 aromatic carbocycles. The van der Waals surface area contributed by atoms with Crippen molar-refractivity contribution in [1.82, 2.24) is 5.32 Å². The van der Waals surface area contributed by atoms with Gasteiger partial charge in [-0.25, -0.2) is 0 Å². The smallest absolute Gasteiger partial charge is 0.494 e. The highest BCUT2D eigenvalue weighted by Crippen LogP contribution is 2.36. The second kappa shape index (κ2) is 6.53. The molecule has 1 aromatic rings. The van der Waals surface area contributed by atoms with E-state index >= 15 is 0 Å². The first-order valence-corrected chi connectivity index (χ1v) is 7.75. The van der Waals surface area contributed by atoms with E-state index in [0.29, 0.717) is 5.46 Å². The van der Waals surface area contributed by atoms with Crippen molar-refractivity contribution in [3.8, 4) is 5.75 Å². The third kappa shape index (κ3) is 4.27. The largest absolute Gasteiger partial charge is 0.496 e. The molecule has 1 aliphatic rings. The van der Waals surface area contributed by atoms with Crippen molar-refractivity contribution in [2.24, 2.45) is 0 Å². The Hall–Kier alpha value is -1.74. The molecule has 0 bridgehead atoms. The summed E-state index contributed by atoms with van der Waals surface area (Å²) in [6, 6.07) is 4.50. The highest BCUT2D eigenvalue weighted by atomic mass is 19.4. The van der Waals surface area contributed by atoms with Gasteiger partial charge in [0, 0.05) is 0 Å². The van der Waals surface area contributed by atoms with Crippen LogP contribution in [0.3, 0.4) is 0 Å². The first kappa shape index (κ1) is 19.6. The number of halogens is 3. The maximum atomic E-state index is 12.2. The molecule has 0 atom stereocenters. The van der Waals surface area contributed by atoms with Gasteiger partial charge in [0.05, 0.1) is 23.9 Å². The molecule has 2 rings (SSSR count). The number of carbonyl (C=O) groups is 1. The molecule has 1 heterocycles. The molecular weight excluding hydrogens is 338 g/mol. The van der Waals surface area contributed by atoms with Gasteiger partial charge in [-0.15, -0.1) is 0 Å². The zero-order valence-corrected chi connectivity index (χ0v) is 14.8. The Morgan fingerprint density at radius 3 is 2.24 bits per heavy atom. The molecular formula is C16H21BF3NO4. The standard InChI is InChI=1S/C16H21BF3NO4/c1-14(2)15(3,4)25-17(24-14)10-6-7-11(12(8-10)23-5)13(22)21-9-16(18,19)20/h6-8H,9H2,1-5H3,(H,21,22). The summed E-state index contributed by atoms with van der Waals surface area (Å²) in [7, 11) is 0.676. The number of carbonyl (C=O) groups excluding carboxylic acids is 1. The van der Waals surface area contributed by atoms with E-state index in [-0.39, 0.29) is 11.3 Å². The van der Waals surface area contributed by atoms with Crippen LogP contribution in [0.2, 0.25) is 0 Å². The van der Waals surface area contributed by atoms with E-state index in [9.17, 15) is 18.0 Å². The van der Waals surface area contributed by atoms with Gasteiger partial charge >= 0.3 is 13.3 Å². The Labute approximate surface area is 145 Å². The zero-order valence-electron chi connectivity index (χ0n) is 14.8. The summed E-state index contributed by atoms with van der Waals surface area (Å²) in [6.45, 7) is 6.21. The van der Waals surface area contributed by atoms with Crippen molar-refractivity contribution in [1.29, 1.82) is 0 Å². The number of methoxy groups -OCH3 is 1. The molecule has 9 heteroatoms. The number of amides is 1. The molecule has 138 valence electrons. The fourth-order valence-electron chi connectivity index (χ4n) is 2.30. The Kier molecular flexibility index (Phi) is 5.12. The van der Waals surface area contributed by atoms with Crippen LogP contribution in [0.1, 0.15) is 38.1 Å². The van der Waals surface area contributed by atoms with Gasteiger partial charge in [0.15, 0.2) is 0 Å². The molecule has 0 unspecified atom stereocenters. The summed E-state index contributed by atoms with van der Waals surface area (Å²) in [4.78, 5) is 12.0. The van der Waals surface area contributed by atoms with Crippen LogP contribution in [-0.4, -0.2) is 44.1 Å². The van der Waals surface area contributed by atoms with Crippen molar-refractivity contribution in [3.63, 3.8) is 0 Å². The molecule has 1 N–H and O–H groups in total. The Bertz CT molecular complexity index is 645. The quantitative estimate of drug-likeness (QED) is 0.839. The molecule has 1 saturated heterocycles. The SMILES string of the molecule is COc1cc(B2OC(C)(C)C(C)(C)O2)ccc1C(=O)NCC(F)(F)F. The predicted octanol–water partition coefficient (Wildman–Crippen LogP) is 2.29. The zero-order chi connectivity index (χ0) is 19.0. The van der Waals surface area contributed by atoms with E-state index in [0.717, 1.165) is 0 Å². The third-order valence-corrected chi connectivity index (χ3v) is 4.45. The van der Waals surface area contributed by atoms with E-state index in [1.54, 1.807) is 6.07 Å². The summed E-state index contributed by atoms with van der Waals surface area (Å²) < 4.78 is 53.7. The van der Waals surface area contributed by atoms with Crippen molar-refractivity contribution < 1.29 is 32.0 Å². The monoisotopic (exact) mass is 359 g/mol. The van der Waals surface area contributed by atoms with Crippen molar-refractivity contribution >= 4 is 18.5 Å². The molecule has 1 amide bonds. The molecule has 0 radical (unpaired) electrons. The second-order valence-electron chi connectivity index (χ2n) is 6.85. The summed E-state index contributed by atoms with van der Waals surface area (Å²) >= 11 is 0. The van der Waals surface area contributed by atoms with Crippen LogP contribution in [0.5, 0.6) is 5.75 Å². The minimum Gasteiger partial charge on any atom is -0.496 e. The summed E-state index contributed by atoms with van der Waals surface area (Å²) in [6.07, 6.45) is -4.48. The number of hydrogen-bond donors (Lipinski definition) is 1. The van der Waals surface area contributed by atoms with Gasteiger partial charge < -0.3 is 19.4 Å². The minimum atomic E-state index is -4.48. The molecule has 0 aromatic heterocycles. The average Bonchev–Trinajstić information content (AvgIpc) is 2.71. The van der Waals surface area contributed by atoms with E-state index < -0.39 is 36.9 Å². The normalized spacial score (nSPS) is 19.0. The number of alkyl halides is 3. The Morgan fingerprint density at radius 1 is 1.20 bits per heavy atom. The first-order valence-electron chi connectivity index (χ1n) is 7.75. The van der Waals surface area contributed by atoms with Gasteiger partial charge in [0.1, 0.15) is 12.3 Å². The first-order chi connectivity index (χ1) is 11.4. The fraction of sp³-hybridized carbons (Fsp3) is 0.562. The van der Waals surface area contributed by atoms with Crippen LogP contribution < -0.4 is 15.5 Å². The fourth-order valence-corrected chi connectivity index (χ4v) is 2.30. The van der Waals surface area contributed by atoms with E-state index in [2.05, 4.69) is 0 Å². The second-order valence-corrected chi connectivity index (χ2v) is 6.85. The molecule has 1 fully saturated rings. The molecule has 25 heavy (non-hydrogen) atoms. The number of benzene rings is 1. The highest BCUT2D eigenvalue weighted by Gasteiger charge is 2.51. The summed E-state index contributed by atoms with van der Waals surface area (Å²) in [5.74, 6) is -0.721. The molecule has 0 saturated carbocycles. The van der Waals surface area contributed by atoms with Crippen LogP contribution >= 0.6 is 0 Å². The highest BCUT2D eigenvalue weighted by molar-refractivity contribution is 6.62. The molecule has 0 spiro atoms. The molecule has 5 nitrogen and oxygen atoms in total. The Balaban J connectivity index is 2.21. The lowest BCUT2D eigenvalue weighted by atomic mass is 9.78. The van der Waals surface area contributed by atoms with Gasteiger partial charge in [-0.1, -0.05) is 6.07 Å². The molecule has 1 aliphatic heterocycles. The maximum Gasteiger partial charge on any atom is 0.494 e. The van der Waals surface area contributed by atoms with Gasteiger partial charge in [0.25, 0.3) is 5.91 Å². The number of hydrogen-bond acceptors (Lipinski definition) is 4. The topological polar surface area (TPSA) is 56.8 Å². The minimum absolute atomic E-state index is 0.00650. The van der Waals surface area contributed by atoms with Gasteiger partial charge in [-0.2, -0.15) is 13.2 Å². The summed E-state index contributed by atoms with van der Waals surface area (Å²) in [5, 5.41) is 1.82. The van der Waals surface area contributed by atoms with E-state index in [1.807, 2.05) is 33.0 Å². The van der Waals surface area contributed by atoms with Crippen molar-refractivity contribution in [2.45, 2.75) is 45.1 Å². The van der Waals surface area contributed by atoms with Crippen LogP contribution in [0.4, 0.5) is 13.2 Å². The third-order valence-electron chi connectivity index (χ3n) is 4.45. The molecule has 0 aliphatic carbocycles. The van der Waals surface area contributed by atoms with Crippen molar-refractivity contribution in [3.05, 3.63) is 23.8 Å². The number of rotatable bonds is 4. The maximum absolute atomic E-state index is 12.2. The Morgan fingerprint density at radius 2 is 1.76 bits per heavy atom. The van der Waals surface area contributed by atoms with E-state index in [1.165, 1.54) is 19.2 Å². The van der Waals surface area contributed by atoms with Crippen LogP contribution in [-0.2, 0) is 9.31 Å². The van der Waals surface area contributed by atoms with E-state index in [4.69, 9.17) is 14.0 Å². The van der Waals surface area contributed by atoms with Gasteiger partial charge in [0.2, 0.25) is 0 Å². The van der Waals surface area contributed by atoms with Crippen LogP contribution in [0, 0.1) is 0 Å². The number of ether oxygens (including phenoxy) is 1. The van der Waals surface area contributed by atoms with Gasteiger partial charge in [-0.3, -0.25) is 4.79 Å².